The van der Waals surface area contributed by atoms with E-state index in [1.54, 1.807) is 18.6 Å². The second kappa shape index (κ2) is 6.12. The van der Waals surface area contributed by atoms with Crippen molar-refractivity contribution >= 4 is 5.69 Å². The molecule has 0 radical (unpaired) electrons. The maximum atomic E-state index is 11.2. The first-order valence-corrected chi connectivity index (χ1v) is 6.91. The maximum absolute atomic E-state index is 11.2. The number of aromatic nitrogens is 2. The highest BCUT2D eigenvalue weighted by Gasteiger charge is 2.21. The molecule has 23 heavy (non-hydrogen) atoms. The van der Waals surface area contributed by atoms with Gasteiger partial charge in [-0.05, 0) is 17.2 Å². The van der Waals surface area contributed by atoms with E-state index >= 15 is 0 Å². The van der Waals surface area contributed by atoms with Crippen LogP contribution < -0.4 is 0 Å². The minimum Gasteiger partial charge on any atom is -0.326 e. The number of nitrogens with zero attached hydrogens (tertiary/aromatic N) is 4. The third kappa shape index (κ3) is 2.80. The van der Waals surface area contributed by atoms with Crippen molar-refractivity contribution in [2.75, 3.05) is 0 Å². The molecule has 0 aliphatic heterocycles. The van der Waals surface area contributed by atoms with E-state index in [4.69, 9.17) is 5.26 Å². The molecule has 0 saturated heterocycles. The Morgan fingerprint density at radius 2 is 1.96 bits per heavy atom. The zero-order valence-electron chi connectivity index (χ0n) is 12.0. The molecule has 0 aliphatic carbocycles. The number of hydrogen-bond acceptors (Lipinski definition) is 4. The Labute approximate surface area is 132 Å². The first-order valence-electron chi connectivity index (χ1n) is 6.91. The van der Waals surface area contributed by atoms with Gasteiger partial charge in [-0.1, -0.05) is 36.4 Å². The van der Waals surface area contributed by atoms with Crippen LogP contribution in [0.4, 0.5) is 5.69 Å². The van der Waals surface area contributed by atoms with Crippen LogP contribution in [0.2, 0.25) is 0 Å². The number of rotatable bonds is 4. The smallest absolute Gasteiger partial charge is 0.287 e. The second-order valence-corrected chi connectivity index (χ2v) is 4.97. The Bertz CT molecular complexity index is 867. The molecule has 6 nitrogen and oxygen atoms in total. The van der Waals surface area contributed by atoms with Crippen molar-refractivity contribution < 1.29 is 4.92 Å². The fraction of sp³-hybridized carbons (Fsp3) is 0.0588. The van der Waals surface area contributed by atoms with E-state index in [1.807, 2.05) is 47.2 Å². The third-order valence-electron chi connectivity index (χ3n) is 3.59. The monoisotopic (exact) mass is 304 g/mol. The van der Waals surface area contributed by atoms with E-state index < -0.39 is 4.92 Å². The van der Waals surface area contributed by atoms with Gasteiger partial charge in [0, 0.05) is 18.5 Å². The van der Waals surface area contributed by atoms with Gasteiger partial charge in [0.15, 0.2) is 0 Å². The lowest BCUT2D eigenvalue weighted by Gasteiger charge is -2.19. The average molecular weight is 304 g/mol. The molecule has 0 saturated carbocycles. The number of imidazole rings is 1. The Kier molecular flexibility index (Phi) is 3.85. The molecular formula is C17H12N4O2. The molecule has 0 aliphatic rings. The van der Waals surface area contributed by atoms with Crippen LogP contribution in [-0.4, -0.2) is 14.5 Å². The lowest BCUT2D eigenvalue weighted by Crippen LogP contribution is -2.11. The minimum absolute atomic E-state index is 0.0520. The Morgan fingerprint density at radius 1 is 1.17 bits per heavy atom. The summed E-state index contributed by atoms with van der Waals surface area (Å²) in [6, 6.07) is 15.9. The van der Waals surface area contributed by atoms with Crippen molar-refractivity contribution in [1.29, 1.82) is 5.26 Å². The van der Waals surface area contributed by atoms with E-state index in [-0.39, 0.29) is 17.3 Å². The summed E-state index contributed by atoms with van der Waals surface area (Å²) in [5.74, 6) is 0. The van der Waals surface area contributed by atoms with Crippen LogP contribution in [0.15, 0.2) is 67.3 Å². The highest BCUT2D eigenvalue weighted by atomic mass is 16.6. The van der Waals surface area contributed by atoms with Gasteiger partial charge in [0.1, 0.15) is 11.6 Å². The molecule has 3 aromatic rings. The van der Waals surface area contributed by atoms with Crippen LogP contribution in [0.3, 0.4) is 0 Å². The lowest BCUT2D eigenvalue weighted by atomic mass is 9.97. The molecule has 3 rings (SSSR count). The van der Waals surface area contributed by atoms with E-state index in [9.17, 15) is 10.1 Å². The van der Waals surface area contributed by atoms with Gasteiger partial charge in [0.05, 0.1) is 17.3 Å². The largest absolute Gasteiger partial charge is 0.326 e. The normalized spacial score (nSPS) is 11.6. The molecule has 1 heterocycles. The number of benzene rings is 2. The fourth-order valence-corrected chi connectivity index (χ4v) is 2.56. The Balaban J connectivity index is 2.17. The predicted octanol–water partition coefficient (Wildman–Crippen LogP) is 3.30. The molecule has 1 aromatic heterocycles. The number of nitro groups is 1. The van der Waals surface area contributed by atoms with Crippen molar-refractivity contribution in [1.82, 2.24) is 9.55 Å². The SMILES string of the molecule is N#Cc1ccc(C(c2ccccc2)n2ccnc2)cc1[N+](=O)[O-]. The van der Waals surface area contributed by atoms with Crippen molar-refractivity contribution in [2.24, 2.45) is 0 Å². The fourth-order valence-electron chi connectivity index (χ4n) is 2.56. The van der Waals surface area contributed by atoms with Gasteiger partial charge in [-0.15, -0.1) is 0 Å². The molecule has 0 fully saturated rings. The van der Waals surface area contributed by atoms with Crippen molar-refractivity contribution in [3.05, 3.63) is 94.1 Å². The number of hydrogen-bond donors (Lipinski definition) is 0. The highest BCUT2D eigenvalue weighted by molar-refractivity contribution is 5.52. The van der Waals surface area contributed by atoms with Gasteiger partial charge in [0.25, 0.3) is 5.69 Å². The molecule has 1 unspecified atom stereocenters. The van der Waals surface area contributed by atoms with E-state index in [0.717, 1.165) is 11.1 Å². The van der Waals surface area contributed by atoms with Crippen LogP contribution in [-0.2, 0) is 0 Å². The molecule has 0 amide bonds. The topological polar surface area (TPSA) is 84.8 Å². The summed E-state index contributed by atoms with van der Waals surface area (Å²) in [6.45, 7) is 0. The van der Waals surface area contributed by atoms with Gasteiger partial charge in [0.2, 0.25) is 0 Å². The van der Waals surface area contributed by atoms with E-state index in [2.05, 4.69) is 4.98 Å². The molecule has 0 N–H and O–H groups in total. The van der Waals surface area contributed by atoms with Crippen molar-refractivity contribution in [3.8, 4) is 6.07 Å². The Hall–Kier alpha value is -3.46. The lowest BCUT2D eigenvalue weighted by molar-refractivity contribution is -0.385. The second-order valence-electron chi connectivity index (χ2n) is 4.97. The number of nitro benzene ring substituents is 1. The first kappa shape index (κ1) is 14.5. The summed E-state index contributed by atoms with van der Waals surface area (Å²) in [5.41, 5.74) is 1.56. The van der Waals surface area contributed by atoms with E-state index in [1.165, 1.54) is 12.1 Å². The van der Waals surface area contributed by atoms with Crippen LogP contribution >= 0.6 is 0 Å². The summed E-state index contributed by atoms with van der Waals surface area (Å²) in [6.07, 6.45) is 5.14. The molecule has 0 spiro atoms. The van der Waals surface area contributed by atoms with Crippen LogP contribution in [0.5, 0.6) is 0 Å². The molecule has 6 heteroatoms. The van der Waals surface area contributed by atoms with Crippen LogP contribution in [0.25, 0.3) is 0 Å². The molecule has 1 atom stereocenters. The summed E-state index contributed by atoms with van der Waals surface area (Å²) < 4.78 is 1.88. The summed E-state index contributed by atoms with van der Waals surface area (Å²) in [5, 5.41) is 20.2. The van der Waals surface area contributed by atoms with Gasteiger partial charge in [-0.25, -0.2) is 4.98 Å². The quantitative estimate of drug-likeness (QED) is 0.546. The van der Waals surface area contributed by atoms with Crippen LogP contribution in [0.1, 0.15) is 22.7 Å². The standard InChI is InChI=1S/C17H12N4O2/c18-11-15-7-6-14(10-16(15)21(22)23)17(20-9-8-19-12-20)13-4-2-1-3-5-13/h1-10,12,17H. The molecule has 0 bridgehead atoms. The van der Waals surface area contributed by atoms with Gasteiger partial charge < -0.3 is 4.57 Å². The third-order valence-corrected chi connectivity index (χ3v) is 3.59. The van der Waals surface area contributed by atoms with Crippen molar-refractivity contribution in [2.45, 2.75) is 6.04 Å². The zero-order valence-corrected chi connectivity index (χ0v) is 12.0. The predicted molar refractivity (Wildman–Crippen MR) is 83.7 cm³/mol. The van der Waals surface area contributed by atoms with Gasteiger partial charge in [-0.2, -0.15) is 5.26 Å². The van der Waals surface area contributed by atoms with Gasteiger partial charge >= 0.3 is 0 Å². The van der Waals surface area contributed by atoms with Crippen molar-refractivity contribution in [3.63, 3.8) is 0 Å². The van der Waals surface area contributed by atoms with Crippen LogP contribution in [0, 0.1) is 21.4 Å². The summed E-state index contributed by atoms with van der Waals surface area (Å²) in [7, 11) is 0. The Morgan fingerprint density at radius 3 is 2.57 bits per heavy atom. The average Bonchev–Trinajstić information content (AvgIpc) is 3.10. The molecule has 2 aromatic carbocycles. The summed E-state index contributed by atoms with van der Waals surface area (Å²) in [4.78, 5) is 14.7. The maximum Gasteiger partial charge on any atom is 0.287 e. The number of nitriles is 1. The molecular weight excluding hydrogens is 292 g/mol. The van der Waals surface area contributed by atoms with Gasteiger partial charge in [-0.3, -0.25) is 10.1 Å². The highest BCUT2D eigenvalue weighted by Crippen LogP contribution is 2.30. The first-order chi connectivity index (χ1) is 11.2. The summed E-state index contributed by atoms with van der Waals surface area (Å²) >= 11 is 0. The molecule has 112 valence electrons. The zero-order chi connectivity index (χ0) is 16.2. The minimum atomic E-state index is -0.530. The van der Waals surface area contributed by atoms with E-state index in [0.29, 0.717) is 0 Å².